The van der Waals surface area contributed by atoms with Gasteiger partial charge in [-0.1, -0.05) is 18.2 Å². The van der Waals surface area contributed by atoms with Crippen molar-refractivity contribution in [3.05, 3.63) is 96.4 Å². The Labute approximate surface area is 236 Å². The summed E-state index contributed by atoms with van der Waals surface area (Å²) in [5.41, 5.74) is 12.5. The Bertz CT molecular complexity index is 1720. The van der Waals surface area contributed by atoms with Gasteiger partial charge < -0.3 is 15.4 Å². The first-order valence-corrected chi connectivity index (χ1v) is 13.7. The largest absolute Gasteiger partial charge is 0.379 e. The molecule has 2 N–H and O–H groups in total. The average molecular weight is 552 g/mol. The summed E-state index contributed by atoms with van der Waals surface area (Å²) in [4.78, 5) is 16.0. The van der Waals surface area contributed by atoms with Crippen LogP contribution in [0.15, 0.2) is 73.7 Å². The molecule has 0 spiro atoms. The molecular formula is C30H30FN9O. The number of hydrogen-bond acceptors (Lipinski definition) is 8. The van der Waals surface area contributed by atoms with E-state index in [9.17, 15) is 4.39 Å². The van der Waals surface area contributed by atoms with Crippen LogP contribution >= 0.6 is 0 Å². The maximum Gasteiger partial charge on any atom is 0.225 e. The Morgan fingerprint density at radius 2 is 1.83 bits per heavy atom. The molecule has 0 aliphatic carbocycles. The Kier molecular flexibility index (Phi) is 6.32. The van der Waals surface area contributed by atoms with Crippen molar-refractivity contribution < 1.29 is 9.13 Å². The van der Waals surface area contributed by atoms with E-state index in [0.717, 1.165) is 59.5 Å². The molecule has 4 aromatic heterocycles. The van der Waals surface area contributed by atoms with Crippen LogP contribution in [0.25, 0.3) is 22.2 Å². The third-order valence-electron chi connectivity index (χ3n) is 8.10. The molecule has 2 atom stereocenters. The predicted molar refractivity (Wildman–Crippen MR) is 153 cm³/mol. The van der Waals surface area contributed by atoms with Crippen molar-refractivity contribution in [1.29, 1.82) is 0 Å². The molecule has 1 unspecified atom stereocenters. The van der Waals surface area contributed by atoms with Gasteiger partial charge in [-0.2, -0.15) is 10.2 Å². The van der Waals surface area contributed by atoms with Crippen molar-refractivity contribution in [2.45, 2.75) is 31.3 Å². The van der Waals surface area contributed by atoms with Crippen molar-refractivity contribution in [1.82, 2.24) is 34.3 Å². The van der Waals surface area contributed by atoms with Gasteiger partial charge in [0.05, 0.1) is 35.6 Å². The quantitative estimate of drug-likeness (QED) is 0.337. The molecule has 208 valence electrons. The number of hydrogen-bond donors (Lipinski definition) is 1. The summed E-state index contributed by atoms with van der Waals surface area (Å²) >= 11 is 0. The number of nitrogens with zero attached hydrogens (tertiary/aromatic N) is 8. The first kappa shape index (κ1) is 25.5. The molecule has 5 aromatic rings. The van der Waals surface area contributed by atoms with Crippen LogP contribution in [0.5, 0.6) is 0 Å². The lowest BCUT2D eigenvalue weighted by molar-refractivity contribution is 0.184. The highest BCUT2D eigenvalue weighted by molar-refractivity contribution is 5.80. The second-order valence-corrected chi connectivity index (χ2v) is 10.8. The van der Waals surface area contributed by atoms with E-state index in [2.05, 4.69) is 48.4 Å². The van der Waals surface area contributed by atoms with Crippen LogP contribution < -0.4 is 10.6 Å². The van der Waals surface area contributed by atoms with E-state index in [1.165, 1.54) is 17.7 Å². The molecule has 7 rings (SSSR count). The van der Waals surface area contributed by atoms with E-state index in [1.807, 2.05) is 28.5 Å². The summed E-state index contributed by atoms with van der Waals surface area (Å²) in [5.74, 6) is 0.345. The number of aromatic nitrogens is 7. The fraction of sp³-hybridized carbons (Fsp3) is 0.300. The molecule has 10 nitrogen and oxygen atoms in total. The Morgan fingerprint density at radius 1 is 1.00 bits per heavy atom. The number of ether oxygens (including phenoxy) is 1. The van der Waals surface area contributed by atoms with Crippen molar-refractivity contribution >= 4 is 17.0 Å². The highest BCUT2D eigenvalue weighted by atomic mass is 19.1. The standard InChI is InChI=1S/C30H30FN9O/c1-30(32,23-2-4-25(31)5-3-23)24-14-33-29(34-15-24)38-9-6-20(7-10-38)28-27-12-21(16-40(27)37-19-35-28)22-13-36-39(17-22)26-8-11-41-18-26/h2-6,12-17,19,26H,7-11,18,32H2,1H3/t26-,30?/m1/s1. The van der Waals surface area contributed by atoms with Gasteiger partial charge in [-0.05, 0) is 49.1 Å². The fourth-order valence-electron chi connectivity index (χ4n) is 5.53. The van der Waals surface area contributed by atoms with Crippen LogP contribution in [-0.2, 0) is 10.3 Å². The second kappa shape index (κ2) is 10.2. The van der Waals surface area contributed by atoms with E-state index in [0.29, 0.717) is 25.1 Å². The van der Waals surface area contributed by atoms with E-state index in [1.54, 1.807) is 30.9 Å². The van der Waals surface area contributed by atoms with Crippen LogP contribution in [0, 0.1) is 5.82 Å². The smallest absolute Gasteiger partial charge is 0.225 e. The zero-order valence-corrected chi connectivity index (χ0v) is 22.7. The SMILES string of the molecule is CC(N)(c1ccc(F)cc1)c1cnc(N2CC=C(c3ncnn4cc(-c5cnn([C@@H]6CCOC6)c5)cc34)CC2)nc1. The lowest BCUT2D eigenvalue weighted by atomic mass is 9.87. The van der Waals surface area contributed by atoms with E-state index >= 15 is 0 Å². The number of benzene rings is 1. The summed E-state index contributed by atoms with van der Waals surface area (Å²) in [6.07, 6.45) is 15.1. The van der Waals surface area contributed by atoms with E-state index in [4.69, 9.17) is 10.5 Å². The lowest BCUT2D eigenvalue weighted by Gasteiger charge is -2.28. The Morgan fingerprint density at radius 3 is 2.56 bits per heavy atom. The summed E-state index contributed by atoms with van der Waals surface area (Å²) in [6.45, 7) is 4.77. The van der Waals surface area contributed by atoms with Gasteiger partial charge in [0.25, 0.3) is 0 Å². The average Bonchev–Trinajstić information content (AvgIpc) is 3.78. The predicted octanol–water partition coefficient (Wildman–Crippen LogP) is 4.00. The highest BCUT2D eigenvalue weighted by Crippen LogP contribution is 2.31. The van der Waals surface area contributed by atoms with Gasteiger partial charge >= 0.3 is 0 Å². The summed E-state index contributed by atoms with van der Waals surface area (Å²) in [5, 5.41) is 9.03. The molecule has 1 saturated heterocycles. The minimum absolute atomic E-state index is 0.293. The molecule has 41 heavy (non-hydrogen) atoms. The topological polar surface area (TPSA) is 112 Å². The molecule has 0 radical (unpaired) electrons. The second-order valence-electron chi connectivity index (χ2n) is 10.8. The minimum atomic E-state index is -0.834. The van der Waals surface area contributed by atoms with Gasteiger partial charge in [0.2, 0.25) is 5.95 Å². The fourth-order valence-corrected chi connectivity index (χ4v) is 5.53. The summed E-state index contributed by atoms with van der Waals surface area (Å²) in [7, 11) is 0. The number of fused-ring (bicyclic) bond motifs is 1. The van der Waals surface area contributed by atoms with Crippen LogP contribution in [-0.4, -0.2) is 60.6 Å². The number of rotatable bonds is 6. The highest BCUT2D eigenvalue weighted by Gasteiger charge is 2.26. The maximum absolute atomic E-state index is 13.4. The molecule has 1 aromatic carbocycles. The normalized spacial score (nSPS) is 19.0. The van der Waals surface area contributed by atoms with Crippen molar-refractivity contribution in [2.75, 3.05) is 31.2 Å². The number of anilines is 1. The molecule has 6 heterocycles. The van der Waals surface area contributed by atoms with Gasteiger partial charge in [-0.25, -0.2) is 23.9 Å². The van der Waals surface area contributed by atoms with Gasteiger partial charge in [-0.3, -0.25) is 4.68 Å². The molecule has 2 aliphatic rings. The van der Waals surface area contributed by atoms with Gasteiger partial charge in [0.15, 0.2) is 0 Å². The number of halogens is 1. The zero-order valence-electron chi connectivity index (χ0n) is 22.7. The molecule has 2 aliphatic heterocycles. The summed E-state index contributed by atoms with van der Waals surface area (Å²) in [6, 6.07) is 8.62. The van der Waals surface area contributed by atoms with Crippen LogP contribution in [0.3, 0.4) is 0 Å². The minimum Gasteiger partial charge on any atom is -0.379 e. The molecule has 11 heteroatoms. The van der Waals surface area contributed by atoms with Gasteiger partial charge in [-0.15, -0.1) is 0 Å². The Balaban J connectivity index is 1.09. The van der Waals surface area contributed by atoms with E-state index in [-0.39, 0.29) is 5.82 Å². The van der Waals surface area contributed by atoms with Crippen LogP contribution in [0.1, 0.15) is 42.6 Å². The third kappa shape index (κ3) is 4.76. The lowest BCUT2D eigenvalue weighted by Crippen LogP contribution is -2.35. The van der Waals surface area contributed by atoms with Crippen LogP contribution in [0.4, 0.5) is 10.3 Å². The monoisotopic (exact) mass is 551 g/mol. The zero-order chi connectivity index (χ0) is 28.0. The van der Waals surface area contributed by atoms with Crippen molar-refractivity contribution in [2.24, 2.45) is 5.73 Å². The molecule has 0 amide bonds. The van der Waals surface area contributed by atoms with Crippen molar-refractivity contribution in [3.8, 4) is 11.1 Å². The van der Waals surface area contributed by atoms with Crippen LogP contribution in [0.2, 0.25) is 0 Å². The third-order valence-corrected chi connectivity index (χ3v) is 8.10. The van der Waals surface area contributed by atoms with Gasteiger partial charge in [0, 0.05) is 61.2 Å². The molecular weight excluding hydrogens is 521 g/mol. The van der Waals surface area contributed by atoms with Crippen molar-refractivity contribution in [3.63, 3.8) is 0 Å². The molecule has 0 bridgehead atoms. The maximum atomic E-state index is 13.4. The first-order valence-electron chi connectivity index (χ1n) is 13.7. The van der Waals surface area contributed by atoms with Gasteiger partial charge in [0.1, 0.15) is 12.1 Å². The Hall–Kier alpha value is -4.48. The number of nitrogens with two attached hydrogens (primary N) is 1. The molecule has 0 saturated carbocycles. The first-order chi connectivity index (χ1) is 20.0. The molecule has 1 fully saturated rings. The van der Waals surface area contributed by atoms with E-state index < -0.39 is 5.54 Å². The summed E-state index contributed by atoms with van der Waals surface area (Å²) < 4.78 is 22.8.